The van der Waals surface area contributed by atoms with Gasteiger partial charge in [-0.05, 0) is 30.9 Å². The number of benzene rings is 1. The number of primary amides is 1. The van der Waals surface area contributed by atoms with Crippen LogP contribution in [0, 0.1) is 5.92 Å². The zero-order valence-electron chi connectivity index (χ0n) is 14.2. The third-order valence-electron chi connectivity index (χ3n) is 4.74. The summed E-state index contributed by atoms with van der Waals surface area (Å²) in [6, 6.07) is 9.66. The van der Waals surface area contributed by atoms with Crippen molar-refractivity contribution in [2.45, 2.75) is 32.6 Å². The summed E-state index contributed by atoms with van der Waals surface area (Å²) in [5, 5.41) is 0.879. The van der Waals surface area contributed by atoms with Crippen LogP contribution in [0.5, 0.6) is 0 Å². The molecule has 0 atom stereocenters. The van der Waals surface area contributed by atoms with Crippen LogP contribution in [0.3, 0.4) is 0 Å². The van der Waals surface area contributed by atoms with Gasteiger partial charge >= 0.3 is 0 Å². The van der Waals surface area contributed by atoms with Gasteiger partial charge in [0.15, 0.2) is 0 Å². The number of hydrogen-bond acceptors (Lipinski definition) is 3. The van der Waals surface area contributed by atoms with Crippen molar-refractivity contribution >= 4 is 22.7 Å². The number of likely N-dealkylation sites (tertiary alicyclic amines) is 1. The van der Waals surface area contributed by atoms with Crippen molar-refractivity contribution in [1.29, 1.82) is 0 Å². The van der Waals surface area contributed by atoms with Crippen molar-refractivity contribution in [2.75, 3.05) is 13.1 Å². The summed E-state index contributed by atoms with van der Waals surface area (Å²) in [6.07, 6.45) is 1.28. The molecule has 1 aliphatic heterocycles. The van der Waals surface area contributed by atoms with Crippen molar-refractivity contribution in [3.05, 3.63) is 41.6 Å². The highest BCUT2D eigenvalue weighted by Gasteiger charge is 2.27. The normalized spacial score (nSPS) is 15.9. The van der Waals surface area contributed by atoms with E-state index in [1.54, 1.807) is 0 Å². The summed E-state index contributed by atoms with van der Waals surface area (Å²) >= 11 is 0. The number of rotatable bonds is 3. The van der Waals surface area contributed by atoms with Gasteiger partial charge in [0.2, 0.25) is 5.91 Å². The molecule has 5 heteroatoms. The Labute approximate surface area is 141 Å². The smallest absolute Gasteiger partial charge is 0.254 e. The van der Waals surface area contributed by atoms with Gasteiger partial charge in [-0.2, -0.15) is 0 Å². The van der Waals surface area contributed by atoms with Crippen LogP contribution in [0.4, 0.5) is 0 Å². The summed E-state index contributed by atoms with van der Waals surface area (Å²) in [5.74, 6) is -0.117. The molecule has 1 saturated heterocycles. The van der Waals surface area contributed by atoms with E-state index in [0.717, 1.165) is 16.6 Å². The van der Waals surface area contributed by atoms with E-state index in [1.165, 1.54) is 0 Å². The second kappa shape index (κ2) is 6.59. The van der Waals surface area contributed by atoms with E-state index in [1.807, 2.05) is 35.2 Å². The van der Waals surface area contributed by atoms with Crippen molar-refractivity contribution in [1.82, 2.24) is 9.88 Å². The van der Waals surface area contributed by atoms with Crippen LogP contribution in [0.25, 0.3) is 10.9 Å². The molecule has 2 aromatic rings. The Kier molecular flexibility index (Phi) is 4.51. The van der Waals surface area contributed by atoms with Gasteiger partial charge in [0.1, 0.15) is 0 Å². The molecule has 2 amide bonds. The van der Waals surface area contributed by atoms with Gasteiger partial charge in [-0.3, -0.25) is 14.6 Å². The summed E-state index contributed by atoms with van der Waals surface area (Å²) in [6.45, 7) is 5.29. The lowest BCUT2D eigenvalue weighted by atomic mass is 9.95. The molecule has 0 aliphatic carbocycles. The minimum atomic E-state index is -0.265. The predicted molar refractivity (Wildman–Crippen MR) is 93.7 cm³/mol. The van der Waals surface area contributed by atoms with E-state index in [4.69, 9.17) is 5.73 Å². The average molecular weight is 325 g/mol. The highest BCUT2D eigenvalue weighted by atomic mass is 16.2. The number of piperidine rings is 1. The van der Waals surface area contributed by atoms with Crippen LogP contribution < -0.4 is 5.73 Å². The summed E-state index contributed by atoms with van der Waals surface area (Å²) in [5.41, 5.74) is 7.84. The molecule has 3 rings (SSSR count). The predicted octanol–water partition coefficient (Wildman–Crippen LogP) is 2.70. The second-order valence-electron chi connectivity index (χ2n) is 6.74. The van der Waals surface area contributed by atoms with Crippen LogP contribution >= 0.6 is 0 Å². The highest BCUT2D eigenvalue weighted by molar-refractivity contribution is 6.06. The summed E-state index contributed by atoms with van der Waals surface area (Å²) in [7, 11) is 0. The van der Waals surface area contributed by atoms with Crippen molar-refractivity contribution in [3.8, 4) is 0 Å². The zero-order chi connectivity index (χ0) is 17.3. The van der Waals surface area contributed by atoms with Gasteiger partial charge in [-0.25, -0.2) is 0 Å². The standard InChI is InChI=1S/C19H23N3O2/c1-12(2)17-11-15(14-5-3-4-6-16(14)21-17)19(24)22-9-7-13(8-10-22)18(20)23/h3-6,11-13H,7-10H2,1-2H3,(H2,20,23). The fourth-order valence-electron chi connectivity index (χ4n) is 3.21. The van der Waals surface area contributed by atoms with E-state index in [2.05, 4.69) is 18.8 Å². The Hall–Kier alpha value is -2.43. The third kappa shape index (κ3) is 3.11. The topological polar surface area (TPSA) is 76.3 Å². The van der Waals surface area contributed by atoms with E-state index in [9.17, 15) is 9.59 Å². The number of nitrogens with two attached hydrogens (primary N) is 1. The largest absolute Gasteiger partial charge is 0.369 e. The number of para-hydroxylation sites is 1. The number of fused-ring (bicyclic) bond motifs is 1. The first-order valence-corrected chi connectivity index (χ1v) is 8.45. The third-order valence-corrected chi connectivity index (χ3v) is 4.74. The maximum absolute atomic E-state index is 13.0. The lowest BCUT2D eigenvalue weighted by Gasteiger charge is -2.31. The van der Waals surface area contributed by atoms with Crippen LogP contribution in [0.1, 0.15) is 48.7 Å². The first-order valence-electron chi connectivity index (χ1n) is 8.45. The number of carbonyl (C=O) groups excluding carboxylic acids is 2. The molecule has 5 nitrogen and oxygen atoms in total. The maximum Gasteiger partial charge on any atom is 0.254 e. The molecule has 24 heavy (non-hydrogen) atoms. The number of hydrogen-bond donors (Lipinski definition) is 1. The molecule has 2 N–H and O–H groups in total. The van der Waals surface area contributed by atoms with Gasteiger partial charge in [-0.1, -0.05) is 32.0 Å². The quantitative estimate of drug-likeness (QED) is 0.942. The van der Waals surface area contributed by atoms with Crippen molar-refractivity contribution in [3.63, 3.8) is 0 Å². The van der Waals surface area contributed by atoms with Gasteiger partial charge < -0.3 is 10.6 Å². The Morgan fingerprint density at radius 1 is 1.21 bits per heavy atom. The van der Waals surface area contributed by atoms with Crippen molar-refractivity contribution in [2.24, 2.45) is 11.7 Å². The first-order chi connectivity index (χ1) is 11.5. The number of carbonyl (C=O) groups is 2. The molecule has 2 heterocycles. The molecule has 0 radical (unpaired) electrons. The maximum atomic E-state index is 13.0. The SMILES string of the molecule is CC(C)c1cc(C(=O)N2CCC(C(N)=O)CC2)c2ccccc2n1. The zero-order valence-corrected chi connectivity index (χ0v) is 14.2. The molecule has 126 valence electrons. The molecule has 0 unspecified atom stereocenters. The number of nitrogens with zero attached hydrogens (tertiary/aromatic N) is 2. The van der Waals surface area contributed by atoms with Gasteiger partial charge in [-0.15, -0.1) is 0 Å². The van der Waals surface area contributed by atoms with E-state index in [-0.39, 0.29) is 23.7 Å². The minimum absolute atomic E-state index is 0.0124. The van der Waals surface area contributed by atoms with Crippen LogP contribution in [-0.2, 0) is 4.79 Å². The fraction of sp³-hybridized carbons (Fsp3) is 0.421. The summed E-state index contributed by atoms with van der Waals surface area (Å²) < 4.78 is 0. The van der Waals surface area contributed by atoms with Crippen molar-refractivity contribution < 1.29 is 9.59 Å². The Bertz CT molecular complexity index is 777. The Balaban J connectivity index is 1.93. The first kappa shape index (κ1) is 16.4. The number of pyridine rings is 1. The molecular formula is C19H23N3O2. The molecule has 1 aromatic heterocycles. The lowest BCUT2D eigenvalue weighted by molar-refractivity contribution is -0.123. The molecule has 1 fully saturated rings. The number of aromatic nitrogens is 1. The lowest BCUT2D eigenvalue weighted by Crippen LogP contribution is -2.41. The van der Waals surface area contributed by atoms with Crippen LogP contribution in [0.2, 0.25) is 0 Å². The van der Waals surface area contributed by atoms with Gasteiger partial charge in [0.25, 0.3) is 5.91 Å². The Morgan fingerprint density at radius 2 is 1.88 bits per heavy atom. The summed E-state index contributed by atoms with van der Waals surface area (Å²) in [4.78, 5) is 30.8. The minimum Gasteiger partial charge on any atom is -0.369 e. The van der Waals surface area contributed by atoms with Gasteiger partial charge in [0, 0.05) is 30.1 Å². The average Bonchev–Trinajstić information content (AvgIpc) is 2.60. The van der Waals surface area contributed by atoms with Crippen LogP contribution in [-0.4, -0.2) is 34.8 Å². The molecule has 1 aromatic carbocycles. The fourth-order valence-corrected chi connectivity index (χ4v) is 3.21. The highest BCUT2D eigenvalue weighted by Crippen LogP contribution is 2.25. The Morgan fingerprint density at radius 3 is 2.50 bits per heavy atom. The molecule has 0 bridgehead atoms. The van der Waals surface area contributed by atoms with E-state index < -0.39 is 0 Å². The van der Waals surface area contributed by atoms with E-state index in [0.29, 0.717) is 31.5 Å². The van der Waals surface area contributed by atoms with E-state index >= 15 is 0 Å². The monoisotopic (exact) mass is 325 g/mol. The molecule has 1 aliphatic rings. The molecular weight excluding hydrogens is 302 g/mol. The second-order valence-corrected chi connectivity index (χ2v) is 6.74. The van der Waals surface area contributed by atoms with Crippen LogP contribution in [0.15, 0.2) is 30.3 Å². The molecule has 0 spiro atoms. The van der Waals surface area contributed by atoms with Gasteiger partial charge in [0.05, 0.1) is 11.1 Å². The molecule has 0 saturated carbocycles. The number of amides is 2.